The first-order chi connectivity index (χ1) is 11.3. The zero-order chi connectivity index (χ0) is 17.9. The van der Waals surface area contributed by atoms with Gasteiger partial charge in [0.05, 0.1) is 7.11 Å². The van der Waals surface area contributed by atoms with E-state index in [1.807, 2.05) is 0 Å². The molecule has 0 aliphatic carbocycles. The molecule has 1 aliphatic heterocycles. The molecule has 0 amide bonds. The Morgan fingerprint density at radius 1 is 1.21 bits per heavy atom. The van der Waals surface area contributed by atoms with Gasteiger partial charge in [-0.1, -0.05) is 28.6 Å². The molecule has 1 saturated heterocycles. The van der Waals surface area contributed by atoms with Crippen molar-refractivity contribution in [2.45, 2.75) is 19.6 Å². The van der Waals surface area contributed by atoms with Crippen molar-refractivity contribution >= 4 is 33.9 Å². The quantitative estimate of drug-likeness (QED) is 0.329. The van der Waals surface area contributed by atoms with Gasteiger partial charge in [0, 0.05) is 18.3 Å². The molecule has 128 valence electrons. The van der Waals surface area contributed by atoms with Gasteiger partial charge < -0.3 is 18.9 Å². The topological polar surface area (TPSA) is 71.1 Å². The van der Waals surface area contributed by atoms with Crippen LogP contribution in [0.15, 0.2) is 34.8 Å². The monoisotopic (exact) mass is 396 g/mol. The second kappa shape index (κ2) is 7.09. The number of carbonyl (C=O) groups excluding carboxylic acids is 2. The predicted molar refractivity (Wildman–Crippen MR) is 90.6 cm³/mol. The maximum atomic E-state index is 12.0. The molecular formula is C17H17BrO6. The SMILES string of the molecule is C=CCOc1cc(Br)c(C=C2C(=O)OC(C)(C)OC2=O)cc1OC. The summed E-state index contributed by atoms with van der Waals surface area (Å²) in [6.07, 6.45) is 2.99. The van der Waals surface area contributed by atoms with E-state index in [-0.39, 0.29) is 5.57 Å². The fourth-order valence-electron chi connectivity index (χ4n) is 2.02. The van der Waals surface area contributed by atoms with Crippen molar-refractivity contribution < 1.29 is 28.5 Å². The van der Waals surface area contributed by atoms with Crippen molar-refractivity contribution in [1.29, 1.82) is 0 Å². The van der Waals surface area contributed by atoms with Crippen LogP contribution in [0, 0.1) is 0 Å². The third-order valence-corrected chi connectivity index (χ3v) is 3.74. The zero-order valence-corrected chi connectivity index (χ0v) is 15.1. The first-order valence-electron chi connectivity index (χ1n) is 7.07. The average molecular weight is 397 g/mol. The fraction of sp³-hybridized carbons (Fsp3) is 0.294. The van der Waals surface area contributed by atoms with Gasteiger partial charge in [-0.15, -0.1) is 0 Å². The molecule has 1 heterocycles. The lowest BCUT2D eigenvalue weighted by Crippen LogP contribution is -2.41. The Labute approximate surface area is 148 Å². The van der Waals surface area contributed by atoms with Gasteiger partial charge in [0.1, 0.15) is 12.2 Å². The molecule has 0 radical (unpaired) electrons. The number of benzene rings is 1. The van der Waals surface area contributed by atoms with Crippen molar-refractivity contribution in [3.05, 3.63) is 40.4 Å². The van der Waals surface area contributed by atoms with Gasteiger partial charge >= 0.3 is 11.9 Å². The lowest BCUT2D eigenvalue weighted by molar-refractivity contribution is -0.222. The molecule has 1 aliphatic rings. The van der Waals surface area contributed by atoms with E-state index in [4.69, 9.17) is 18.9 Å². The second-order valence-corrected chi connectivity index (χ2v) is 6.22. The van der Waals surface area contributed by atoms with Crippen LogP contribution >= 0.6 is 15.9 Å². The molecule has 6 nitrogen and oxygen atoms in total. The molecular weight excluding hydrogens is 380 g/mol. The molecule has 0 bridgehead atoms. The van der Waals surface area contributed by atoms with Crippen LogP contribution in [-0.4, -0.2) is 31.4 Å². The van der Waals surface area contributed by atoms with E-state index in [9.17, 15) is 9.59 Å². The fourth-order valence-corrected chi connectivity index (χ4v) is 2.45. The van der Waals surface area contributed by atoms with Crippen LogP contribution in [0.1, 0.15) is 19.4 Å². The van der Waals surface area contributed by atoms with E-state index in [1.165, 1.54) is 27.0 Å². The summed E-state index contributed by atoms with van der Waals surface area (Å²) < 4.78 is 21.5. The number of hydrogen-bond donors (Lipinski definition) is 0. The normalized spacial score (nSPS) is 16.1. The number of ether oxygens (including phenoxy) is 4. The molecule has 1 aromatic rings. The minimum absolute atomic E-state index is 0.197. The molecule has 0 spiro atoms. The van der Waals surface area contributed by atoms with Gasteiger partial charge in [0.25, 0.3) is 5.79 Å². The first kappa shape index (κ1) is 18.1. The van der Waals surface area contributed by atoms with E-state index in [0.717, 1.165) is 0 Å². The highest BCUT2D eigenvalue weighted by Gasteiger charge is 2.39. The summed E-state index contributed by atoms with van der Waals surface area (Å²) in [7, 11) is 1.49. The van der Waals surface area contributed by atoms with Gasteiger partial charge in [-0.25, -0.2) is 9.59 Å². The summed E-state index contributed by atoms with van der Waals surface area (Å²) in [6.45, 7) is 6.88. The number of esters is 2. The Hall–Kier alpha value is -2.28. The average Bonchev–Trinajstić information content (AvgIpc) is 2.49. The van der Waals surface area contributed by atoms with E-state index < -0.39 is 17.7 Å². The standard InChI is InChI=1S/C17H17BrO6/c1-5-6-22-14-9-12(18)10(8-13(14)21-4)7-11-15(19)23-17(2,3)24-16(11)20/h5,7-9H,1,6H2,2-4H3. The van der Waals surface area contributed by atoms with Crippen LogP contribution in [-0.2, 0) is 19.1 Å². The Morgan fingerprint density at radius 2 is 1.83 bits per heavy atom. The molecule has 0 unspecified atom stereocenters. The highest BCUT2D eigenvalue weighted by atomic mass is 79.9. The minimum Gasteiger partial charge on any atom is -0.493 e. The second-order valence-electron chi connectivity index (χ2n) is 5.36. The van der Waals surface area contributed by atoms with Crippen LogP contribution in [0.25, 0.3) is 6.08 Å². The molecule has 1 aromatic carbocycles. The van der Waals surface area contributed by atoms with E-state index >= 15 is 0 Å². The Morgan fingerprint density at radius 3 is 2.38 bits per heavy atom. The van der Waals surface area contributed by atoms with Gasteiger partial charge in [-0.05, 0) is 23.8 Å². The minimum atomic E-state index is -1.27. The highest BCUT2D eigenvalue weighted by molar-refractivity contribution is 9.10. The molecule has 7 heteroatoms. The molecule has 2 rings (SSSR count). The smallest absolute Gasteiger partial charge is 0.348 e. The Balaban J connectivity index is 2.40. The van der Waals surface area contributed by atoms with Gasteiger partial charge in [-0.2, -0.15) is 0 Å². The number of rotatable bonds is 5. The van der Waals surface area contributed by atoms with Gasteiger partial charge in [0.15, 0.2) is 11.5 Å². The summed E-state index contributed by atoms with van der Waals surface area (Å²) >= 11 is 3.38. The highest BCUT2D eigenvalue weighted by Crippen LogP contribution is 2.35. The van der Waals surface area contributed by atoms with Gasteiger partial charge in [0.2, 0.25) is 0 Å². The van der Waals surface area contributed by atoms with Crippen LogP contribution in [0.5, 0.6) is 11.5 Å². The largest absolute Gasteiger partial charge is 0.493 e. The number of halogens is 1. The van der Waals surface area contributed by atoms with Crippen molar-refractivity contribution in [1.82, 2.24) is 0 Å². The summed E-state index contributed by atoms with van der Waals surface area (Å²) in [6, 6.07) is 3.31. The number of methoxy groups -OCH3 is 1. The van der Waals surface area contributed by atoms with E-state index in [2.05, 4.69) is 22.5 Å². The van der Waals surface area contributed by atoms with Crippen molar-refractivity contribution in [2.24, 2.45) is 0 Å². The van der Waals surface area contributed by atoms with Gasteiger partial charge in [-0.3, -0.25) is 0 Å². The summed E-state index contributed by atoms with van der Waals surface area (Å²) in [4.78, 5) is 24.1. The lowest BCUT2D eigenvalue weighted by atomic mass is 10.1. The Kier molecular flexibility index (Phi) is 5.33. The van der Waals surface area contributed by atoms with E-state index in [0.29, 0.717) is 28.1 Å². The number of cyclic esters (lactones) is 2. The summed E-state index contributed by atoms with van der Waals surface area (Å²) in [5.74, 6) is -1.81. The molecule has 0 N–H and O–H groups in total. The Bertz CT molecular complexity index is 698. The number of carbonyl (C=O) groups is 2. The molecule has 0 aromatic heterocycles. The molecule has 24 heavy (non-hydrogen) atoms. The van der Waals surface area contributed by atoms with Crippen LogP contribution < -0.4 is 9.47 Å². The van der Waals surface area contributed by atoms with Crippen molar-refractivity contribution in [3.8, 4) is 11.5 Å². The van der Waals surface area contributed by atoms with E-state index in [1.54, 1.807) is 18.2 Å². The third-order valence-electron chi connectivity index (χ3n) is 3.06. The van der Waals surface area contributed by atoms with Crippen molar-refractivity contribution in [3.63, 3.8) is 0 Å². The predicted octanol–water partition coefficient (Wildman–Crippen LogP) is 3.24. The molecule has 0 atom stereocenters. The lowest BCUT2D eigenvalue weighted by Gasteiger charge is -2.29. The summed E-state index contributed by atoms with van der Waals surface area (Å²) in [5.41, 5.74) is 0.346. The maximum Gasteiger partial charge on any atom is 0.348 e. The number of hydrogen-bond acceptors (Lipinski definition) is 6. The zero-order valence-electron chi connectivity index (χ0n) is 13.6. The van der Waals surface area contributed by atoms with Crippen LogP contribution in [0.3, 0.4) is 0 Å². The first-order valence-corrected chi connectivity index (χ1v) is 7.86. The summed E-state index contributed by atoms with van der Waals surface area (Å²) in [5, 5.41) is 0. The molecule has 0 saturated carbocycles. The van der Waals surface area contributed by atoms with Crippen LogP contribution in [0.2, 0.25) is 0 Å². The van der Waals surface area contributed by atoms with Crippen LogP contribution in [0.4, 0.5) is 0 Å². The maximum absolute atomic E-state index is 12.0. The molecule has 1 fully saturated rings. The van der Waals surface area contributed by atoms with Crippen molar-refractivity contribution in [2.75, 3.05) is 13.7 Å². The third kappa shape index (κ3) is 3.97.